The predicted molar refractivity (Wildman–Crippen MR) is 134 cm³/mol. The lowest BCUT2D eigenvalue weighted by Crippen LogP contribution is -2.36. The SMILES string of the molecule is CSC[C@H](C)NC(=O)c1c(C)cccc1C(=O)Nc1ccc(Cn2nc(CF)cc2CF)nc1C. The van der Waals surface area contributed by atoms with E-state index < -0.39 is 19.3 Å². The number of alkyl halides is 2. The van der Waals surface area contributed by atoms with Gasteiger partial charge in [0.2, 0.25) is 0 Å². The molecular weight excluding hydrogens is 472 g/mol. The van der Waals surface area contributed by atoms with Crippen molar-refractivity contribution in [3.05, 3.63) is 75.9 Å². The lowest BCUT2D eigenvalue weighted by atomic mass is 10.00. The highest BCUT2D eigenvalue weighted by Crippen LogP contribution is 2.20. The molecule has 0 aliphatic rings. The van der Waals surface area contributed by atoms with Crippen molar-refractivity contribution < 1.29 is 18.4 Å². The average molecular weight is 502 g/mol. The number of nitrogens with one attached hydrogen (secondary N) is 2. The zero-order chi connectivity index (χ0) is 25.5. The van der Waals surface area contributed by atoms with Crippen LogP contribution in [0, 0.1) is 13.8 Å². The highest BCUT2D eigenvalue weighted by molar-refractivity contribution is 7.98. The molecule has 2 amide bonds. The summed E-state index contributed by atoms with van der Waals surface area (Å²) < 4.78 is 27.5. The second-order valence-electron chi connectivity index (χ2n) is 8.27. The summed E-state index contributed by atoms with van der Waals surface area (Å²) in [6.45, 7) is 4.09. The first-order valence-electron chi connectivity index (χ1n) is 11.1. The van der Waals surface area contributed by atoms with Gasteiger partial charge in [-0.1, -0.05) is 12.1 Å². The van der Waals surface area contributed by atoms with Crippen molar-refractivity contribution in [3.8, 4) is 0 Å². The topological polar surface area (TPSA) is 88.9 Å². The van der Waals surface area contributed by atoms with Crippen molar-refractivity contribution in [2.45, 2.75) is 46.7 Å². The monoisotopic (exact) mass is 501 g/mol. The van der Waals surface area contributed by atoms with E-state index in [0.717, 1.165) is 5.75 Å². The number of halogens is 2. The van der Waals surface area contributed by atoms with Crippen molar-refractivity contribution in [2.75, 3.05) is 17.3 Å². The summed E-state index contributed by atoms with van der Waals surface area (Å²) in [4.78, 5) is 30.5. The molecule has 0 unspecified atom stereocenters. The molecule has 0 spiro atoms. The largest absolute Gasteiger partial charge is 0.349 e. The van der Waals surface area contributed by atoms with Gasteiger partial charge in [-0.25, -0.2) is 8.78 Å². The fourth-order valence-electron chi connectivity index (χ4n) is 3.75. The Morgan fingerprint density at radius 2 is 1.86 bits per heavy atom. The number of aromatic nitrogens is 3. The third kappa shape index (κ3) is 6.45. The van der Waals surface area contributed by atoms with Crippen molar-refractivity contribution >= 4 is 29.3 Å². The van der Waals surface area contributed by atoms with Crippen LogP contribution in [0.2, 0.25) is 0 Å². The zero-order valence-corrected chi connectivity index (χ0v) is 21.0. The van der Waals surface area contributed by atoms with E-state index in [-0.39, 0.29) is 35.4 Å². The van der Waals surface area contributed by atoms with Crippen LogP contribution >= 0.6 is 11.8 Å². The van der Waals surface area contributed by atoms with Crippen molar-refractivity contribution in [3.63, 3.8) is 0 Å². The smallest absolute Gasteiger partial charge is 0.256 e. The van der Waals surface area contributed by atoms with E-state index in [1.165, 1.54) is 10.7 Å². The van der Waals surface area contributed by atoms with Gasteiger partial charge in [-0.2, -0.15) is 16.9 Å². The number of carbonyl (C=O) groups is 2. The summed E-state index contributed by atoms with van der Waals surface area (Å²) in [6.07, 6.45) is 1.97. The number of carbonyl (C=O) groups excluding carboxylic acids is 2. The van der Waals surface area contributed by atoms with E-state index in [1.54, 1.807) is 55.9 Å². The fraction of sp³-hybridized carbons (Fsp3) is 0.360. The second kappa shape index (κ2) is 11.9. The average Bonchev–Trinajstić information content (AvgIpc) is 3.22. The summed E-state index contributed by atoms with van der Waals surface area (Å²) in [5.41, 5.74) is 3.35. The summed E-state index contributed by atoms with van der Waals surface area (Å²) >= 11 is 1.63. The molecule has 2 N–H and O–H groups in total. The first-order valence-corrected chi connectivity index (χ1v) is 12.5. The molecule has 2 heterocycles. The molecular formula is C25H29F2N5O2S. The van der Waals surface area contributed by atoms with Crippen LogP contribution in [0.3, 0.4) is 0 Å². The summed E-state index contributed by atoms with van der Waals surface area (Å²) in [5.74, 6) is 0.0421. The minimum absolute atomic E-state index is 0.0410. The molecule has 7 nitrogen and oxygen atoms in total. The van der Waals surface area contributed by atoms with Crippen LogP contribution in [0.25, 0.3) is 0 Å². The molecule has 0 bridgehead atoms. The number of hydrogen-bond donors (Lipinski definition) is 2. The minimum Gasteiger partial charge on any atom is -0.349 e. The van der Waals surface area contributed by atoms with Gasteiger partial charge < -0.3 is 10.6 Å². The number of amides is 2. The number of benzene rings is 1. The molecule has 1 aromatic carbocycles. The maximum absolute atomic E-state index is 13.2. The Labute approximate surface area is 207 Å². The first-order chi connectivity index (χ1) is 16.8. The molecule has 0 fully saturated rings. The van der Waals surface area contributed by atoms with Crippen LogP contribution in [0.1, 0.15) is 56.0 Å². The molecule has 3 rings (SSSR count). The minimum atomic E-state index is -0.771. The lowest BCUT2D eigenvalue weighted by Gasteiger charge is -2.17. The third-order valence-corrected chi connectivity index (χ3v) is 6.26. The molecule has 2 aromatic heterocycles. The maximum atomic E-state index is 13.2. The molecule has 35 heavy (non-hydrogen) atoms. The van der Waals surface area contributed by atoms with Crippen LogP contribution < -0.4 is 10.6 Å². The molecule has 0 saturated heterocycles. The Morgan fingerprint density at radius 1 is 1.09 bits per heavy atom. The van der Waals surface area contributed by atoms with E-state index in [2.05, 4.69) is 20.7 Å². The highest BCUT2D eigenvalue weighted by Gasteiger charge is 2.21. The fourth-order valence-corrected chi connectivity index (χ4v) is 4.33. The number of hydrogen-bond acceptors (Lipinski definition) is 5. The zero-order valence-electron chi connectivity index (χ0n) is 20.2. The molecule has 186 valence electrons. The molecule has 10 heteroatoms. The molecule has 1 atom stereocenters. The van der Waals surface area contributed by atoms with E-state index in [0.29, 0.717) is 28.2 Å². The van der Waals surface area contributed by atoms with Crippen LogP contribution in [0.4, 0.5) is 14.5 Å². The van der Waals surface area contributed by atoms with Crippen molar-refractivity contribution in [1.82, 2.24) is 20.1 Å². The van der Waals surface area contributed by atoms with E-state index in [4.69, 9.17) is 0 Å². The van der Waals surface area contributed by atoms with Gasteiger partial charge in [0.05, 0.1) is 46.1 Å². The molecule has 0 aliphatic heterocycles. The number of aryl methyl sites for hydroxylation is 2. The van der Waals surface area contributed by atoms with Crippen LogP contribution in [-0.4, -0.2) is 44.6 Å². The number of anilines is 1. The van der Waals surface area contributed by atoms with Gasteiger partial charge in [0.25, 0.3) is 11.8 Å². The maximum Gasteiger partial charge on any atom is 0.256 e. The van der Waals surface area contributed by atoms with Gasteiger partial charge in [0.15, 0.2) is 0 Å². The van der Waals surface area contributed by atoms with Crippen LogP contribution in [-0.2, 0) is 19.9 Å². The Hall–Kier alpha value is -3.27. The normalized spacial score (nSPS) is 11.8. The van der Waals surface area contributed by atoms with Crippen molar-refractivity contribution in [2.24, 2.45) is 0 Å². The van der Waals surface area contributed by atoms with Crippen molar-refractivity contribution in [1.29, 1.82) is 0 Å². The number of thioether (sulfide) groups is 1. The molecule has 0 saturated carbocycles. The quantitative estimate of drug-likeness (QED) is 0.423. The number of pyridine rings is 1. The highest BCUT2D eigenvalue weighted by atomic mass is 32.2. The molecule has 0 radical (unpaired) electrons. The summed E-state index contributed by atoms with van der Waals surface area (Å²) in [7, 11) is 0. The van der Waals surface area contributed by atoms with Crippen LogP contribution in [0.5, 0.6) is 0 Å². The Bertz CT molecular complexity index is 1210. The van der Waals surface area contributed by atoms with Gasteiger partial charge in [-0.3, -0.25) is 19.3 Å². The Kier molecular flexibility index (Phi) is 8.97. The Balaban J connectivity index is 1.79. The van der Waals surface area contributed by atoms with Crippen LogP contribution in [0.15, 0.2) is 36.4 Å². The van der Waals surface area contributed by atoms with Gasteiger partial charge in [0, 0.05) is 11.8 Å². The van der Waals surface area contributed by atoms with E-state index in [1.807, 2.05) is 13.2 Å². The number of rotatable bonds is 10. The second-order valence-corrected chi connectivity index (χ2v) is 9.18. The first kappa shape index (κ1) is 26.3. The lowest BCUT2D eigenvalue weighted by molar-refractivity contribution is 0.0931. The number of nitrogens with zero attached hydrogens (tertiary/aromatic N) is 3. The van der Waals surface area contributed by atoms with Gasteiger partial charge in [-0.15, -0.1) is 0 Å². The summed E-state index contributed by atoms with van der Waals surface area (Å²) in [5, 5.41) is 9.83. The van der Waals surface area contributed by atoms with E-state index >= 15 is 0 Å². The van der Waals surface area contributed by atoms with Gasteiger partial charge in [0.1, 0.15) is 13.3 Å². The Morgan fingerprint density at radius 3 is 2.51 bits per heavy atom. The standard InChI is InChI=1S/C25H29F2N5O2S/c1-15-6-5-7-21(23(15)25(34)28-16(2)14-35-4)24(33)30-22-9-8-18(29-17(22)3)13-32-20(12-27)10-19(11-26)31-32/h5-10,16H,11-14H2,1-4H3,(H,28,34)(H,30,33)/t16-/m0/s1. The van der Waals surface area contributed by atoms with Gasteiger partial charge in [-0.05, 0) is 56.9 Å². The molecule has 3 aromatic rings. The summed E-state index contributed by atoms with van der Waals surface area (Å²) in [6, 6.07) is 9.88. The third-order valence-electron chi connectivity index (χ3n) is 5.43. The van der Waals surface area contributed by atoms with E-state index in [9.17, 15) is 18.4 Å². The molecule has 0 aliphatic carbocycles. The van der Waals surface area contributed by atoms with Gasteiger partial charge >= 0.3 is 0 Å². The predicted octanol–water partition coefficient (Wildman–Crippen LogP) is 4.62.